The van der Waals surface area contributed by atoms with E-state index in [1.54, 1.807) is 7.11 Å². The summed E-state index contributed by atoms with van der Waals surface area (Å²) >= 11 is 4.19. The van der Waals surface area contributed by atoms with Crippen LogP contribution in [0.2, 0.25) is 0 Å². The Kier molecular flexibility index (Phi) is 5.33. The quantitative estimate of drug-likeness (QED) is 0.905. The first-order valence-electron chi connectivity index (χ1n) is 7.32. The molecule has 0 amide bonds. The molecule has 1 saturated heterocycles. The number of benzene rings is 2. The fourth-order valence-electron chi connectivity index (χ4n) is 2.54. The van der Waals surface area contributed by atoms with Crippen LogP contribution >= 0.6 is 23.5 Å². The molecule has 112 valence electrons. The van der Waals surface area contributed by atoms with Gasteiger partial charge in [-0.05, 0) is 34.5 Å². The Balaban J connectivity index is 1.59. The van der Waals surface area contributed by atoms with Crippen LogP contribution in [-0.4, -0.2) is 36.2 Å². The third-order valence-corrected chi connectivity index (χ3v) is 6.54. The molecular formula is C17H21NOS2. The normalized spacial score (nSPS) is 18.8. The lowest BCUT2D eigenvalue weighted by molar-refractivity contribution is 0.415. The zero-order valence-corrected chi connectivity index (χ0v) is 13.9. The van der Waals surface area contributed by atoms with Gasteiger partial charge in [-0.15, -0.1) is 0 Å². The number of methoxy groups -OCH3 is 1. The molecule has 1 N–H and O–H groups in total. The van der Waals surface area contributed by atoms with Crippen LogP contribution in [0.15, 0.2) is 36.4 Å². The molecule has 0 spiro atoms. The van der Waals surface area contributed by atoms with Gasteiger partial charge in [0.1, 0.15) is 5.75 Å². The van der Waals surface area contributed by atoms with E-state index in [9.17, 15) is 0 Å². The molecule has 0 aromatic heterocycles. The minimum Gasteiger partial charge on any atom is -0.497 e. The Labute approximate surface area is 135 Å². The molecule has 21 heavy (non-hydrogen) atoms. The minimum atomic E-state index is 0.772. The first-order valence-corrected chi connectivity index (χ1v) is 9.52. The van der Waals surface area contributed by atoms with E-state index in [1.807, 2.05) is 6.07 Å². The molecule has 1 aliphatic heterocycles. The van der Waals surface area contributed by atoms with Crippen molar-refractivity contribution < 1.29 is 4.74 Å². The molecule has 2 nitrogen and oxygen atoms in total. The number of thioether (sulfide) groups is 2. The first kappa shape index (κ1) is 15.1. The summed E-state index contributed by atoms with van der Waals surface area (Å²) in [6.07, 6.45) is 0. The van der Waals surface area contributed by atoms with Gasteiger partial charge in [0.25, 0.3) is 0 Å². The molecule has 3 rings (SSSR count). The van der Waals surface area contributed by atoms with Crippen molar-refractivity contribution >= 4 is 34.3 Å². The van der Waals surface area contributed by atoms with E-state index in [1.165, 1.54) is 33.6 Å². The summed E-state index contributed by atoms with van der Waals surface area (Å²) < 4.78 is 5.27. The average Bonchev–Trinajstić information content (AvgIpc) is 2.55. The SMILES string of the molecule is COc1ccc2cc(CNCC3CSCCS3)ccc2c1. The topological polar surface area (TPSA) is 21.3 Å². The third kappa shape index (κ3) is 4.09. The van der Waals surface area contributed by atoms with Gasteiger partial charge < -0.3 is 10.1 Å². The zero-order chi connectivity index (χ0) is 14.5. The van der Waals surface area contributed by atoms with Gasteiger partial charge in [0, 0.05) is 35.6 Å². The van der Waals surface area contributed by atoms with E-state index in [0.29, 0.717) is 0 Å². The first-order chi connectivity index (χ1) is 10.3. The minimum absolute atomic E-state index is 0.772. The predicted octanol–water partition coefficient (Wildman–Crippen LogP) is 3.79. The maximum Gasteiger partial charge on any atom is 0.119 e. The van der Waals surface area contributed by atoms with Gasteiger partial charge in [0.2, 0.25) is 0 Å². The summed E-state index contributed by atoms with van der Waals surface area (Å²) in [5.74, 6) is 4.82. The van der Waals surface area contributed by atoms with E-state index in [-0.39, 0.29) is 0 Å². The molecule has 1 atom stereocenters. The second kappa shape index (κ2) is 7.43. The Morgan fingerprint density at radius 1 is 1.14 bits per heavy atom. The summed E-state index contributed by atoms with van der Waals surface area (Å²) in [6.45, 7) is 2.06. The number of rotatable bonds is 5. The molecule has 0 aliphatic carbocycles. The maximum absolute atomic E-state index is 5.27. The van der Waals surface area contributed by atoms with Crippen LogP contribution in [0.5, 0.6) is 5.75 Å². The lowest BCUT2D eigenvalue weighted by Crippen LogP contribution is -2.28. The highest BCUT2D eigenvalue weighted by Gasteiger charge is 2.13. The standard InChI is InChI=1S/C17H21NOS2/c1-19-16-5-4-14-8-13(2-3-15(14)9-16)10-18-11-17-12-20-6-7-21-17/h2-5,8-9,17-18H,6-7,10-12H2,1H3. The lowest BCUT2D eigenvalue weighted by Gasteiger charge is -2.21. The van der Waals surface area contributed by atoms with E-state index in [4.69, 9.17) is 4.74 Å². The second-order valence-electron chi connectivity index (χ2n) is 5.25. The van der Waals surface area contributed by atoms with Crippen molar-refractivity contribution in [2.75, 3.05) is 30.9 Å². The van der Waals surface area contributed by atoms with Crippen LogP contribution in [0.1, 0.15) is 5.56 Å². The van der Waals surface area contributed by atoms with Crippen molar-refractivity contribution in [3.8, 4) is 5.75 Å². The van der Waals surface area contributed by atoms with Crippen molar-refractivity contribution in [2.24, 2.45) is 0 Å². The highest BCUT2D eigenvalue weighted by atomic mass is 32.2. The van der Waals surface area contributed by atoms with E-state index in [0.717, 1.165) is 24.1 Å². The molecule has 0 bridgehead atoms. The zero-order valence-electron chi connectivity index (χ0n) is 12.3. The van der Waals surface area contributed by atoms with Gasteiger partial charge in [0.05, 0.1) is 7.11 Å². The summed E-state index contributed by atoms with van der Waals surface area (Å²) in [5.41, 5.74) is 1.35. The fourth-order valence-corrected chi connectivity index (χ4v) is 5.19. The lowest BCUT2D eigenvalue weighted by atomic mass is 10.1. The maximum atomic E-state index is 5.27. The van der Waals surface area contributed by atoms with Crippen molar-refractivity contribution in [3.05, 3.63) is 42.0 Å². The van der Waals surface area contributed by atoms with Gasteiger partial charge in [-0.25, -0.2) is 0 Å². The highest BCUT2D eigenvalue weighted by molar-refractivity contribution is 8.06. The molecule has 2 aromatic carbocycles. The Morgan fingerprint density at radius 2 is 2.00 bits per heavy atom. The van der Waals surface area contributed by atoms with Crippen LogP contribution in [0.25, 0.3) is 10.8 Å². The van der Waals surface area contributed by atoms with Gasteiger partial charge in [0.15, 0.2) is 0 Å². The number of hydrogen-bond acceptors (Lipinski definition) is 4. The van der Waals surface area contributed by atoms with Crippen LogP contribution in [0, 0.1) is 0 Å². The predicted molar refractivity (Wildman–Crippen MR) is 95.8 cm³/mol. The Morgan fingerprint density at radius 3 is 2.81 bits per heavy atom. The van der Waals surface area contributed by atoms with Crippen molar-refractivity contribution in [2.45, 2.75) is 11.8 Å². The second-order valence-corrected chi connectivity index (χ2v) is 7.80. The molecular weight excluding hydrogens is 298 g/mol. The van der Waals surface area contributed by atoms with Crippen molar-refractivity contribution in [1.82, 2.24) is 5.32 Å². The number of hydrogen-bond donors (Lipinski definition) is 1. The number of ether oxygens (including phenoxy) is 1. The Hall–Kier alpha value is -0.840. The molecule has 0 radical (unpaired) electrons. The van der Waals surface area contributed by atoms with Crippen LogP contribution in [-0.2, 0) is 6.54 Å². The molecule has 2 aromatic rings. The molecule has 1 heterocycles. The number of nitrogens with one attached hydrogen (secondary N) is 1. The van der Waals surface area contributed by atoms with Gasteiger partial charge in [-0.1, -0.05) is 18.2 Å². The van der Waals surface area contributed by atoms with Gasteiger partial charge >= 0.3 is 0 Å². The van der Waals surface area contributed by atoms with Crippen LogP contribution in [0.3, 0.4) is 0 Å². The Bertz CT molecular complexity index is 596. The number of fused-ring (bicyclic) bond motifs is 1. The summed E-state index contributed by atoms with van der Waals surface area (Å²) in [7, 11) is 1.71. The smallest absolute Gasteiger partial charge is 0.119 e. The summed E-state index contributed by atoms with van der Waals surface area (Å²) in [6, 6.07) is 12.9. The van der Waals surface area contributed by atoms with E-state index in [2.05, 4.69) is 59.2 Å². The van der Waals surface area contributed by atoms with E-state index < -0.39 is 0 Å². The van der Waals surface area contributed by atoms with Crippen LogP contribution < -0.4 is 10.1 Å². The largest absolute Gasteiger partial charge is 0.497 e. The van der Waals surface area contributed by atoms with E-state index >= 15 is 0 Å². The third-order valence-electron chi connectivity index (χ3n) is 3.70. The fraction of sp³-hybridized carbons (Fsp3) is 0.412. The van der Waals surface area contributed by atoms with Gasteiger partial charge in [-0.2, -0.15) is 23.5 Å². The molecule has 1 unspecified atom stereocenters. The van der Waals surface area contributed by atoms with Crippen molar-refractivity contribution in [1.29, 1.82) is 0 Å². The molecule has 1 fully saturated rings. The molecule has 4 heteroatoms. The molecule has 0 saturated carbocycles. The summed E-state index contributed by atoms with van der Waals surface area (Å²) in [5, 5.41) is 6.88. The monoisotopic (exact) mass is 319 g/mol. The van der Waals surface area contributed by atoms with Crippen LogP contribution in [0.4, 0.5) is 0 Å². The van der Waals surface area contributed by atoms with Gasteiger partial charge in [-0.3, -0.25) is 0 Å². The molecule has 1 aliphatic rings. The summed E-state index contributed by atoms with van der Waals surface area (Å²) in [4.78, 5) is 0. The average molecular weight is 319 g/mol. The highest BCUT2D eigenvalue weighted by Crippen LogP contribution is 2.24. The van der Waals surface area contributed by atoms with Crippen molar-refractivity contribution in [3.63, 3.8) is 0 Å².